The van der Waals surface area contributed by atoms with Crippen molar-refractivity contribution in [3.05, 3.63) is 102 Å². The number of ether oxygens (including phenoxy) is 1. The number of rotatable bonds is 14. The van der Waals surface area contributed by atoms with Gasteiger partial charge in [-0.2, -0.15) is 4.90 Å². The number of carbonyl (C=O) groups is 3. The first-order valence-corrected chi connectivity index (χ1v) is 16.7. The number of carbonyl (C=O) groups excluding carboxylic acids is 3. The molecule has 5 atom stereocenters. The van der Waals surface area contributed by atoms with E-state index in [-0.39, 0.29) is 25.3 Å². The van der Waals surface area contributed by atoms with E-state index in [1.807, 2.05) is 98.8 Å². The van der Waals surface area contributed by atoms with Crippen LogP contribution in [0.5, 0.6) is 0 Å². The van der Waals surface area contributed by atoms with E-state index in [9.17, 15) is 19.5 Å². The fourth-order valence-corrected chi connectivity index (χ4v) is 5.64. The zero-order chi connectivity index (χ0) is 34.8. The van der Waals surface area contributed by atoms with Crippen LogP contribution in [0, 0.1) is 11.8 Å². The van der Waals surface area contributed by atoms with Crippen LogP contribution in [0.15, 0.2) is 84.9 Å². The van der Waals surface area contributed by atoms with Crippen LogP contribution >= 0.6 is 0 Å². The minimum absolute atomic E-state index is 0.0608. The average Bonchev–Trinajstić information content (AvgIpc) is 3.47. The number of fused-ring (bicyclic) bond motifs is 1. The first kappa shape index (κ1) is 36.5. The number of nitrogens with one attached hydrogen (secondary N) is 2. The first-order chi connectivity index (χ1) is 22.9. The van der Waals surface area contributed by atoms with Crippen LogP contribution in [0.3, 0.4) is 0 Å². The summed E-state index contributed by atoms with van der Waals surface area (Å²) in [5.74, 6) is -2.06. The molecule has 5 N–H and O–H groups in total. The molecular formula is C38H49N5O5. The topological polar surface area (TPSA) is 151 Å². The van der Waals surface area contributed by atoms with Gasteiger partial charge in [-0.1, -0.05) is 93.1 Å². The normalized spacial score (nSPS) is 14.9. The van der Waals surface area contributed by atoms with Crippen molar-refractivity contribution in [3.63, 3.8) is 0 Å². The molecule has 256 valence electrons. The largest absolute Gasteiger partial charge is 0.443 e. The lowest BCUT2D eigenvalue weighted by Gasteiger charge is -2.33. The van der Waals surface area contributed by atoms with Crippen molar-refractivity contribution in [2.75, 3.05) is 0 Å². The molecule has 0 aliphatic rings. The van der Waals surface area contributed by atoms with Gasteiger partial charge in [-0.15, -0.1) is 0 Å². The molecule has 0 aliphatic heterocycles. The molecule has 0 saturated heterocycles. The summed E-state index contributed by atoms with van der Waals surface area (Å²) in [6, 6.07) is 24.9. The number of imide groups is 3. The second-order valence-corrected chi connectivity index (χ2v) is 13.5. The van der Waals surface area contributed by atoms with E-state index < -0.39 is 47.6 Å². The lowest BCUT2D eigenvalue weighted by molar-refractivity contribution is -0.148. The number of hydrogen-bond acceptors (Lipinski definition) is 8. The molecule has 0 fully saturated rings. The number of aromatic amines is 1. The van der Waals surface area contributed by atoms with Gasteiger partial charge in [0.1, 0.15) is 11.4 Å². The SMILES string of the molecule is CC[C@H](C)[C@H](NCc1nc2ccccc2[nH]1)C(=O)N(C(=O)OC(C)(C)C)C(=O)[C@H](Cc1ccccc1)C[C@H](O)[C@@H](N)Cc1ccccc1. The van der Waals surface area contributed by atoms with Gasteiger partial charge in [-0.3, -0.25) is 14.9 Å². The molecule has 0 radical (unpaired) electrons. The lowest BCUT2D eigenvalue weighted by Crippen LogP contribution is -2.56. The third kappa shape index (κ3) is 10.1. The zero-order valence-electron chi connectivity index (χ0n) is 28.6. The van der Waals surface area contributed by atoms with Crippen LogP contribution in [0.25, 0.3) is 11.0 Å². The number of aliphatic hydroxyl groups is 1. The van der Waals surface area contributed by atoms with Crippen LogP contribution in [0.2, 0.25) is 0 Å². The highest BCUT2D eigenvalue weighted by Crippen LogP contribution is 2.24. The molecule has 48 heavy (non-hydrogen) atoms. The molecular weight excluding hydrogens is 606 g/mol. The van der Waals surface area contributed by atoms with Crippen LogP contribution < -0.4 is 11.1 Å². The van der Waals surface area contributed by atoms with Gasteiger partial charge >= 0.3 is 6.09 Å². The van der Waals surface area contributed by atoms with Crippen LogP contribution in [0.1, 0.15) is 64.4 Å². The van der Waals surface area contributed by atoms with Crippen LogP contribution in [-0.4, -0.2) is 61.7 Å². The van der Waals surface area contributed by atoms with E-state index >= 15 is 0 Å². The summed E-state index contributed by atoms with van der Waals surface area (Å²) in [5.41, 5.74) is 8.89. The number of aliphatic hydroxyl groups excluding tert-OH is 1. The van der Waals surface area contributed by atoms with Gasteiger partial charge in [-0.05, 0) is 69.2 Å². The summed E-state index contributed by atoms with van der Waals surface area (Å²) in [6.07, 6.45) is -1.03. The van der Waals surface area contributed by atoms with Crippen molar-refractivity contribution in [2.24, 2.45) is 17.6 Å². The van der Waals surface area contributed by atoms with Gasteiger partial charge in [0.05, 0.1) is 29.7 Å². The highest BCUT2D eigenvalue weighted by atomic mass is 16.6. The second kappa shape index (κ2) is 16.6. The number of para-hydroxylation sites is 2. The van der Waals surface area contributed by atoms with Crippen molar-refractivity contribution < 1.29 is 24.2 Å². The maximum atomic E-state index is 14.5. The molecule has 1 heterocycles. The Balaban J connectivity index is 1.65. The van der Waals surface area contributed by atoms with Gasteiger partial charge in [0, 0.05) is 12.0 Å². The number of benzene rings is 3. The van der Waals surface area contributed by atoms with Crippen LogP contribution in [0.4, 0.5) is 4.79 Å². The maximum absolute atomic E-state index is 14.5. The average molecular weight is 656 g/mol. The van der Waals surface area contributed by atoms with E-state index in [0.29, 0.717) is 23.6 Å². The van der Waals surface area contributed by atoms with Gasteiger partial charge in [0.25, 0.3) is 5.91 Å². The molecule has 4 aromatic rings. The molecule has 4 rings (SSSR count). The van der Waals surface area contributed by atoms with Crippen molar-refractivity contribution >= 4 is 28.9 Å². The summed E-state index contributed by atoms with van der Waals surface area (Å²) in [4.78, 5) is 51.3. The number of hydrogen-bond donors (Lipinski definition) is 4. The zero-order valence-corrected chi connectivity index (χ0v) is 28.6. The highest BCUT2D eigenvalue weighted by molar-refractivity contribution is 6.11. The minimum atomic E-state index is -1.09. The van der Waals surface area contributed by atoms with E-state index in [1.54, 1.807) is 20.8 Å². The predicted octanol–water partition coefficient (Wildman–Crippen LogP) is 5.54. The van der Waals surface area contributed by atoms with Crippen molar-refractivity contribution in [1.29, 1.82) is 0 Å². The molecule has 1 aromatic heterocycles. The molecule has 3 amide bonds. The summed E-state index contributed by atoms with van der Waals surface area (Å²) in [7, 11) is 0. The lowest BCUT2D eigenvalue weighted by atomic mass is 9.88. The summed E-state index contributed by atoms with van der Waals surface area (Å²) in [6.45, 7) is 9.07. The van der Waals surface area contributed by atoms with E-state index in [2.05, 4.69) is 15.3 Å². The molecule has 0 aliphatic carbocycles. The molecule has 0 saturated carbocycles. The van der Waals surface area contributed by atoms with Gasteiger partial charge in [0.2, 0.25) is 5.91 Å². The second-order valence-electron chi connectivity index (χ2n) is 13.5. The number of aromatic nitrogens is 2. The quantitative estimate of drug-likeness (QED) is 0.138. The van der Waals surface area contributed by atoms with Crippen molar-refractivity contribution in [2.45, 2.75) is 90.6 Å². The number of amides is 3. The predicted molar refractivity (Wildman–Crippen MR) is 187 cm³/mol. The molecule has 0 spiro atoms. The number of imidazole rings is 1. The first-order valence-electron chi connectivity index (χ1n) is 16.7. The monoisotopic (exact) mass is 655 g/mol. The minimum Gasteiger partial charge on any atom is -0.443 e. The Labute approximate surface area is 283 Å². The van der Waals surface area contributed by atoms with E-state index in [1.165, 1.54) is 0 Å². The summed E-state index contributed by atoms with van der Waals surface area (Å²) in [5, 5.41) is 14.6. The van der Waals surface area contributed by atoms with Gasteiger partial charge < -0.3 is 20.6 Å². The van der Waals surface area contributed by atoms with Gasteiger partial charge in [-0.25, -0.2) is 9.78 Å². The van der Waals surface area contributed by atoms with Crippen molar-refractivity contribution in [3.8, 4) is 0 Å². The third-order valence-corrected chi connectivity index (χ3v) is 8.43. The third-order valence-electron chi connectivity index (χ3n) is 8.43. The fraction of sp³-hybridized carbons (Fsp3) is 0.421. The Hall–Kier alpha value is -4.38. The molecule has 0 bridgehead atoms. The maximum Gasteiger partial charge on any atom is 0.424 e. The van der Waals surface area contributed by atoms with E-state index in [4.69, 9.17) is 10.5 Å². The van der Waals surface area contributed by atoms with Gasteiger partial charge in [0.15, 0.2) is 0 Å². The molecule has 10 nitrogen and oxygen atoms in total. The molecule has 3 aromatic carbocycles. The Kier molecular flexibility index (Phi) is 12.6. The fourth-order valence-electron chi connectivity index (χ4n) is 5.64. The van der Waals surface area contributed by atoms with E-state index in [0.717, 1.165) is 22.2 Å². The molecule has 0 unspecified atom stereocenters. The van der Waals surface area contributed by atoms with Crippen molar-refractivity contribution in [1.82, 2.24) is 20.2 Å². The summed E-state index contributed by atoms with van der Waals surface area (Å²) < 4.78 is 5.65. The van der Waals surface area contributed by atoms with Crippen LogP contribution in [-0.2, 0) is 33.7 Å². The Morgan fingerprint density at radius 2 is 1.50 bits per heavy atom. The highest BCUT2D eigenvalue weighted by Gasteiger charge is 2.42. The standard InChI is InChI=1S/C38H49N5O5/c1-6-25(2)34(40-24-33-41-30-19-13-14-20-31(30)42-33)36(46)43(37(47)48-38(3,4)5)35(45)28(21-26-15-9-7-10-16-26)23-32(44)29(39)22-27-17-11-8-12-18-27/h7-20,25,28-29,32,34,40,44H,6,21-24,39H2,1-5H3,(H,41,42)/t25-,28+,29-,32-,34-/m0/s1. The Bertz CT molecular complexity index is 1600. The number of H-pyrrole nitrogens is 1. The number of nitrogens with zero attached hydrogens (tertiary/aromatic N) is 2. The smallest absolute Gasteiger partial charge is 0.424 e. The number of nitrogens with two attached hydrogens (primary N) is 1. The summed E-state index contributed by atoms with van der Waals surface area (Å²) >= 11 is 0. The molecule has 10 heteroatoms. The Morgan fingerprint density at radius 3 is 2.08 bits per heavy atom. The Morgan fingerprint density at radius 1 is 0.917 bits per heavy atom.